The van der Waals surface area contributed by atoms with Crippen LogP contribution < -0.4 is 5.32 Å². The molecule has 2 heterocycles. The lowest BCUT2D eigenvalue weighted by molar-refractivity contribution is 0.739. The van der Waals surface area contributed by atoms with Crippen molar-refractivity contribution >= 4 is 16.5 Å². The number of H-pyrrole nitrogens is 1. The molecule has 76 valence electrons. The molecular formula is C13H14N2. The van der Waals surface area contributed by atoms with Gasteiger partial charge in [-0.05, 0) is 47.7 Å². The lowest BCUT2D eigenvalue weighted by atomic mass is 9.99. The van der Waals surface area contributed by atoms with Crippen LogP contribution in [0.1, 0.15) is 12.0 Å². The van der Waals surface area contributed by atoms with Gasteiger partial charge in [-0.1, -0.05) is 12.1 Å². The van der Waals surface area contributed by atoms with E-state index in [1.165, 1.54) is 22.0 Å². The fraction of sp³-hybridized carbons (Fsp3) is 0.231. The van der Waals surface area contributed by atoms with Crippen molar-refractivity contribution in [2.45, 2.75) is 6.42 Å². The fourth-order valence-corrected chi connectivity index (χ4v) is 2.14. The predicted octanol–water partition coefficient (Wildman–Crippen LogP) is 2.54. The third-order valence-corrected chi connectivity index (χ3v) is 2.99. The second kappa shape index (κ2) is 3.55. The molecule has 0 spiro atoms. The molecule has 0 saturated heterocycles. The first-order valence-electron chi connectivity index (χ1n) is 5.41. The van der Waals surface area contributed by atoms with Gasteiger partial charge in [0.25, 0.3) is 0 Å². The Morgan fingerprint density at radius 2 is 2.13 bits per heavy atom. The molecule has 15 heavy (non-hydrogen) atoms. The standard InChI is InChI=1S/C13H14N2/c1-2-13-12(5-8-15-13)9-11(1)10-3-6-14-7-4-10/h1-3,5,8-9,14-15H,4,6-7H2. The molecule has 1 aromatic heterocycles. The van der Waals surface area contributed by atoms with Crippen LogP contribution in [-0.4, -0.2) is 18.1 Å². The predicted molar refractivity (Wildman–Crippen MR) is 63.8 cm³/mol. The Bertz CT molecular complexity index is 508. The summed E-state index contributed by atoms with van der Waals surface area (Å²) in [5.41, 5.74) is 4.05. The summed E-state index contributed by atoms with van der Waals surface area (Å²) < 4.78 is 0. The van der Waals surface area contributed by atoms with Crippen molar-refractivity contribution in [3.63, 3.8) is 0 Å². The highest BCUT2D eigenvalue weighted by molar-refractivity contribution is 5.84. The molecule has 3 rings (SSSR count). The lowest BCUT2D eigenvalue weighted by Gasteiger charge is -2.14. The van der Waals surface area contributed by atoms with Crippen LogP contribution >= 0.6 is 0 Å². The van der Waals surface area contributed by atoms with Crippen LogP contribution in [0, 0.1) is 0 Å². The second-order valence-corrected chi connectivity index (χ2v) is 3.96. The number of aromatic nitrogens is 1. The summed E-state index contributed by atoms with van der Waals surface area (Å²) in [6.45, 7) is 2.09. The highest BCUT2D eigenvalue weighted by Crippen LogP contribution is 2.23. The average Bonchev–Trinajstić information content (AvgIpc) is 2.77. The highest BCUT2D eigenvalue weighted by atomic mass is 14.8. The van der Waals surface area contributed by atoms with Gasteiger partial charge in [-0.15, -0.1) is 0 Å². The smallest absolute Gasteiger partial charge is 0.0454 e. The number of aromatic amines is 1. The number of fused-ring (bicyclic) bond motifs is 1. The van der Waals surface area contributed by atoms with Gasteiger partial charge in [-0.3, -0.25) is 0 Å². The van der Waals surface area contributed by atoms with Crippen LogP contribution in [-0.2, 0) is 0 Å². The van der Waals surface area contributed by atoms with Crippen LogP contribution in [0.3, 0.4) is 0 Å². The Morgan fingerprint density at radius 1 is 1.13 bits per heavy atom. The van der Waals surface area contributed by atoms with Crippen molar-refractivity contribution in [2.24, 2.45) is 0 Å². The molecule has 0 fully saturated rings. The zero-order valence-corrected chi connectivity index (χ0v) is 8.59. The van der Waals surface area contributed by atoms with Crippen molar-refractivity contribution in [2.75, 3.05) is 13.1 Å². The molecule has 0 aliphatic carbocycles. The van der Waals surface area contributed by atoms with E-state index < -0.39 is 0 Å². The summed E-state index contributed by atoms with van der Waals surface area (Å²) in [4.78, 5) is 3.22. The molecule has 0 saturated carbocycles. The minimum Gasteiger partial charge on any atom is -0.361 e. The summed E-state index contributed by atoms with van der Waals surface area (Å²) in [7, 11) is 0. The van der Waals surface area contributed by atoms with Crippen molar-refractivity contribution < 1.29 is 0 Å². The van der Waals surface area contributed by atoms with Gasteiger partial charge in [0.2, 0.25) is 0 Å². The first kappa shape index (κ1) is 8.74. The summed E-state index contributed by atoms with van der Waals surface area (Å²) in [6.07, 6.45) is 5.42. The highest BCUT2D eigenvalue weighted by Gasteiger charge is 2.06. The van der Waals surface area contributed by atoms with Crippen molar-refractivity contribution in [3.8, 4) is 0 Å². The second-order valence-electron chi connectivity index (χ2n) is 3.96. The lowest BCUT2D eigenvalue weighted by Crippen LogP contribution is -2.19. The molecule has 0 bridgehead atoms. The summed E-state index contributed by atoms with van der Waals surface area (Å²) in [6, 6.07) is 8.76. The van der Waals surface area contributed by atoms with Gasteiger partial charge in [0.15, 0.2) is 0 Å². The monoisotopic (exact) mass is 198 g/mol. The number of hydrogen-bond donors (Lipinski definition) is 2. The molecule has 0 atom stereocenters. The van der Waals surface area contributed by atoms with Gasteiger partial charge < -0.3 is 10.3 Å². The van der Waals surface area contributed by atoms with E-state index in [2.05, 4.69) is 40.6 Å². The number of nitrogens with one attached hydrogen (secondary N) is 2. The average molecular weight is 198 g/mol. The largest absolute Gasteiger partial charge is 0.361 e. The zero-order chi connectivity index (χ0) is 10.1. The molecule has 2 nitrogen and oxygen atoms in total. The van der Waals surface area contributed by atoms with Crippen molar-refractivity contribution in [1.29, 1.82) is 0 Å². The van der Waals surface area contributed by atoms with Gasteiger partial charge in [0.1, 0.15) is 0 Å². The van der Waals surface area contributed by atoms with Crippen molar-refractivity contribution in [1.82, 2.24) is 10.3 Å². The third kappa shape index (κ3) is 1.57. The molecule has 2 aromatic rings. The Hall–Kier alpha value is -1.54. The first-order chi connectivity index (χ1) is 7.43. The van der Waals surface area contributed by atoms with Crippen molar-refractivity contribution in [3.05, 3.63) is 42.1 Å². The zero-order valence-electron chi connectivity index (χ0n) is 8.59. The third-order valence-electron chi connectivity index (χ3n) is 2.99. The molecule has 0 amide bonds. The normalized spacial score (nSPS) is 16.7. The van der Waals surface area contributed by atoms with Gasteiger partial charge in [0.05, 0.1) is 0 Å². The molecule has 1 aliphatic rings. The Labute approximate surface area is 89.0 Å². The van der Waals surface area contributed by atoms with Crippen LogP contribution in [0.25, 0.3) is 16.5 Å². The molecular weight excluding hydrogens is 184 g/mol. The Kier molecular flexibility index (Phi) is 2.07. The quantitative estimate of drug-likeness (QED) is 0.724. The van der Waals surface area contributed by atoms with E-state index in [0.29, 0.717) is 0 Å². The van der Waals surface area contributed by atoms with Crippen LogP contribution in [0.4, 0.5) is 0 Å². The van der Waals surface area contributed by atoms with E-state index in [0.717, 1.165) is 19.5 Å². The van der Waals surface area contributed by atoms with E-state index in [1.54, 1.807) is 0 Å². The number of rotatable bonds is 1. The van der Waals surface area contributed by atoms with Crippen LogP contribution in [0.15, 0.2) is 36.5 Å². The Morgan fingerprint density at radius 3 is 3.00 bits per heavy atom. The summed E-state index contributed by atoms with van der Waals surface area (Å²) in [5.74, 6) is 0. The maximum Gasteiger partial charge on any atom is 0.0454 e. The van der Waals surface area contributed by atoms with Crippen LogP contribution in [0.2, 0.25) is 0 Å². The minimum atomic E-state index is 1.00. The number of hydrogen-bond acceptors (Lipinski definition) is 1. The van der Waals surface area contributed by atoms with Gasteiger partial charge in [-0.2, -0.15) is 0 Å². The maximum atomic E-state index is 3.33. The molecule has 1 aromatic carbocycles. The van der Waals surface area contributed by atoms with Gasteiger partial charge in [0, 0.05) is 18.3 Å². The van der Waals surface area contributed by atoms with E-state index >= 15 is 0 Å². The van der Waals surface area contributed by atoms with Gasteiger partial charge >= 0.3 is 0 Å². The number of benzene rings is 1. The minimum absolute atomic E-state index is 1.00. The molecule has 2 heteroatoms. The summed E-state index contributed by atoms with van der Waals surface area (Å²) >= 11 is 0. The molecule has 1 aliphatic heterocycles. The molecule has 2 N–H and O–H groups in total. The van der Waals surface area contributed by atoms with E-state index in [1.807, 2.05) is 6.20 Å². The van der Waals surface area contributed by atoms with E-state index in [9.17, 15) is 0 Å². The fourth-order valence-electron chi connectivity index (χ4n) is 2.14. The van der Waals surface area contributed by atoms with Gasteiger partial charge in [-0.25, -0.2) is 0 Å². The topological polar surface area (TPSA) is 27.8 Å². The van der Waals surface area contributed by atoms with E-state index in [-0.39, 0.29) is 0 Å². The SMILES string of the molecule is C1=C(c2ccc3[nH]ccc3c2)CCNC1. The molecule has 0 unspecified atom stereocenters. The first-order valence-corrected chi connectivity index (χ1v) is 5.41. The summed E-state index contributed by atoms with van der Waals surface area (Å²) in [5, 5.41) is 4.63. The van der Waals surface area contributed by atoms with Crippen LogP contribution in [0.5, 0.6) is 0 Å². The Balaban J connectivity index is 2.06. The maximum absolute atomic E-state index is 3.33. The van der Waals surface area contributed by atoms with E-state index in [4.69, 9.17) is 0 Å². The molecule has 0 radical (unpaired) electrons.